The van der Waals surface area contributed by atoms with E-state index in [1.54, 1.807) is 36.4 Å². The number of rotatable bonds is 9. The lowest BCUT2D eigenvalue weighted by Crippen LogP contribution is -2.16. The van der Waals surface area contributed by atoms with E-state index in [-0.39, 0.29) is 28.3 Å². The van der Waals surface area contributed by atoms with E-state index in [2.05, 4.69) is 21.2 Å². The van der Waals surface area contributed by atoms with Gasteiger partial charge in [-0.3, -0.25) is 4.79 Å². The molecule has 10 heteroatoms. The number of carbonyl (C=O) groups excluding carboxylic acids is 2. The molecular formula is C29H23BrClNO6S. The zero-order valence-electron chi connectivity index (χ0n) is 20.7. The lowest BCUT2D eigenvalue weighted by atomic mass is 10.1. The van der Waals surface area contributed by atoms with E-state index >= 15 is 0 Å². The molecule has 0 spiro atoms. The molecule has 0 aliphatic rings. The third-order valence-corrected chi connectivity index (χ3v) is 7.49. The average Bonchev–Trinajstić information content (AvgIpc) is 2.92. The van der Waals surface area contributed by atoms with Crippen LogP contribution in [0.4, 0.5) is 5.69 Å². The highest BCUT2D eigenvalue weighted by Crippen LogP contribution is 2.24. The zero-order valence-corrected chi connectivity index (χ0v) is 23.8. The first kappa shape index (κ1) is 28.4. The summed E-state index contributed by atoms with van der Waals surface area (Å²) in [6, 6.07) is 25.3. The van der Waals surface area contributed by atoms with Gasteiger partial charge in [-0.2, -0.15) is 0 Å². The summed E-state index contributed by atoms with van der Waals surface area (Å²) in [7, 11) is 1.38. The van der Waals surface area contributed by atoms with Crippen molar-refractivity contribution >= 4 is 53.2 Å². The summed E-state index contributed by atoms with van der Waals surface area (Å²) in [6.45, 7) is 2.48. The SMILES string of the molecule is Cc1ccc(COc2ccc(COC(=O)c3cc(Br)ccc3NC(=O)c3cccc(S(=O)(=O)Cl)c3)cc2)cc1. The van der Waals surface area contributed by atoms with E-state index in [4.69, 9.17) is 20.2 Å². The summed E-state index contributed by atoms with van der Waals surface area (Å²) in [5, 5.41) is 2.63. The maximum Gasteiger partial charge on any atom is 0.340 e. The van der Waals surface area contributed by atoms with Gasteiger partial charge in [-0.1, -0.05) is 64.0 Å². The lowest BCUT2D eigenvalue weighted by Gasteiger charge is -2.12. The topological polar surface area (TPSA) is 98.8 Å². The van der Waals surface area contributed by atoms with Gasteiger partial charge in [0, 0.05) is 20.7 Å². The minimum absolute atomic E-state index is 0.00655. The van der Waals surface area contributed by atoms with E-state index < -0.39 is 20.9 Å². The highest BCUT2D eigenvalue weighted by molar-refractivity contribution is 9.10. The number of hydrogen-bond acceptors (Lipinski definition) is 6. The number of anilines is 1. The van der Waals surface area contributed by atoms with E-state index in [9.17, 15) is 18.0 Å². The Morgan fingerprint density at radius 1 is 0.872 bits per heavy atom. The normalized spacial score (nSPS) is 11.1. The Labute approximate surface area is 239 Å². The van der Waals surface area contributed by atoms with Crippen LogP contribution in [0.15, 0.2) is 100 Å². The molecule has 0 radical (unpaired) electrons. The van der Waals surface area contributed by atoms with Crippen molar-refractivity contribution in [3.05, 3.63) is 123 Å². The third-order valence-electron chi connectivity index (χ3n) is 5.65. The maximum atomic E-state index is 12.9. The minimum Gasteiger partial charge on any atom is -0.489 e. The quantitative estimate of drug-likeness (QED) is 0.160. The number of ether oxygens (including phenoxy) is 2. The molecule has 4 rings (SSSR count). The Hall–Kier alpha value is -3.66. The standard InChI is InChI=1S/C29H23BrClNO6S/c1-19-5-7-20(8-6-19)17-37-24-12-9-21(10-13-24)18-38-29(34)26-16-23(30)11-14-27(26)32-28(33)22-3-2-4-25(15-22)39(31,35)36/h2-16H,17-18H2,1H3,(H,32,33). The van der Waals surface area contributed by atoms with Crippen molar-refractivity contribution in [3.8, 4) is 5.75 Å². The van der Waals surface area contributed by atoms with Gasteiger partial charge in [0.15, 0.2) is 0 Å². The Kier molecular flexibility index (Phi) is 9.06. The summed E-state index contributed by atoms with van der Waals surface area (Å²) in [5.74, 6) is -0.577. The van der Waals surface area contributed by atoms with Gasteiger partial charge in [-0.15, -0.1) is 0 Å². The molecule has 0 saturated carbocycles. The molecule has 200 valence electrons. The van der Waals surface area contributed by atoms with Crippen LogP contribution in [-0.2, 0) is 27.0 Å². The third kappa shape index (κ3) is 7.92. The first-order chi connectivity index (χ1) is 18.6. The number of halogens is 2. The van der Waals surface area contributed by atoms with Crippen LogP contribution in [0.1, 0.15) is 37.4 Å². The fourth-order valence-corrected chi connectivity index (χ4v) is 4.70. The second-order valence-corrected chi connectivity index (χ2v) is 12.1. The van der Waals surface area contributed by atoms with Crippen LogP contribution in [-0.4, -0.2) is 20.3 Å². The van der Waals surface area contributed by atoms with E-state index in [0.717, 1.165) is 17.2 Å². The number of hydrogen-bond donors (Lipinski definition) is 1. The lowest BCUT2D eigenvalue weighted by molar-refractivity contribution is 0.0474. The summed E-state index contributed by atoms with van der Waals surface area (Å²) >= 11 is 3.33. The molecule has 7 nitrogen and oxygen atoms in total. The highest BCUT2D eigenvalue weighted by Gasteiger charge is 2.18. The average molecular weight is 629 g/mol. The van der Waals surface area contributed by atoms with Gasteiger partial charge in [-0.05, 0) is 66.6 Å². The smallest absolute Gasteiger partial charge is 0.340 e. The number of amides is 1. The molecule has 1 amide bonds. The van der Waals surface area contributed by atoms with E-state index in [1.807, 2.05) is 31.2 Å². The maximum absolute atomic E-state index is 12.9. The van der Waals surface area contributed by atoms with Gasteiger partial charge >= 0.3 is 5.97 Å². The largest absolute Gasteiger partial charge is 0.489 e. The van der Waals surface area contributed by atoms with Crippen LogP contribution in [0.2, 0.25) is 0 Å². The molecule has 0 heterocycles. The molecule has 4 aromatic rings. The van der Waals surface area contributed by atoms with Crippen molar-refractivity contribution < 1.29 is 27.5 Å². The summed E-state index contributed by atoms with van der Waals surface area (Å²) in [4.78, 5) is 25.5. The van der Waals surface area contributed by atoms with Gasteiger partial charge in [0.1, 0.15) is 19.0 Å². The van der Waals surface area contributed by atoms with Crippen molar-refractivity contribution in [3.63, 3.8) is 0 Å². The molecule has 39 heavy (non-hydrogen) atoms. The van der Waals surface area contributed by atoms with Crippen molar-refractivity contribution in [2.45, 2.75) is 25.0 Å². The Balaban J connectivity index is 1.39. The molecule has 0 aromatic heterocycles. The fourth-order valence-electron chi connectivity index (χ4n) is 3.54. The van der Waals surface area contributed by atoms with Crippen LogP contribution in [0, 0.1) is 6.92 Å². The van der Waals surface area contributed by atoms with Crippen LogP contribution >= 0.6 is 26.6 Å². The van der Waals surface area contributed by atoms with Crippen molar-refractivity contribution in [1.29, 1.82) is 0 Å². The first-order valence-corrected chi connectivity index (χ1v) is 14.8. The van der Waals surface area contributed by atoms with Crippen LogP contribution < -0.4 is 10.1 Å². The molecule has 1 N–H and O–H groups in total. The Bertz CT molecular complexity index is 1610. The summed E-state index contributed by atoms with van der Waals surface area (Å²) in [6.07, 6.45) is 0. The number of nitrogens with one attached hydrogen (secondary N) is 1. The number of carbonyl (C=O) groups is 2. The van der Waals surface area contributed by atoms with Crippen molar-refractivity contribution in [2.75, 3.05) is 5.32 Å². The van der Waals surface area contributed by atoms with Gasteiger partial charge in [0.05, 0.1) is 16.1 Å². The zero-order chi connectivity index (χ0) is 28.0. The molecular weight excluding hydrogens is 606 g/mol. The molecule has 0 bridgehead atoms. The molecule has 0 atom stereocenters. The van der Waals surface area contributed by atoms with E-state index in [1.165, 1.54) is 29.8 Å². The first-order valence-electron chi connectivity index (χ1n) is 11.7. The molecule has 4 aromatic carbocycles. The van der Waals surface area contributed by atoms with Crippen LogP contribution in [0.3, 0.4) is 0 Å². The molecule has 0 fully saturated rings. The predicted octanol–water partition coefficient (Wildman–Crippen LogP) is 6.87. The Morgan fingerprint density at radius 3 is 2.23 bits per heavy atom. The van der Waals surface area contributed by atoms with Gasteiger partial charge in [0.2, 0.25) is 0 Å². The highest BCUT2D eigenvalue weighted by atomic mass is 79.9. The molecule has 0 unspecified atom stereocenters. The minimum atomic E-state index is -4.01. The second-order valence-electron chi connectivity index (χ2n) is 8.60. The molecule has 0 aliphatic heterocycles. The fraction of sp³-hybridized carbons (Fsp3) is 0.103. The molecule has 0 saturated heterocycles. The number of aryl methyl sites for hydroxylation is 1. The number of benzene rings is 4. The molecule has 0 aliphatic carbocycles. The van der Waals surface area contributed by atoms with Crippen molar-refractivity contribution in [2.24, 2.45) is 0 Å². The second kappa shape index (κ2) is 12.5. The predicted molar refractivity (Wildman–Crippen MR) is 153 cm³/mol. The summed E-state index contributed by atoms with van der Waals surface area (Å²) in [5.41, 5.74) is 3.38. The van der Waals surface area contributed by atoms with Gasteiger partial charge in [-0.25, -0.2) is 13.2 Å². The van der Waals surface area contributed by atoms with Gasteiger partial charge in [0.25, 0.3) is 15.0 Å². The monoisotopic (exact) mass is 627 g/mol. The number of esters is 1. The van der Waals surface area contributed by atoms with Crippen molar-refractivity contribution in [1.82, 2.24) is 0 Å². The van der Waals surface area contributed by atoms with Crippen LogP contribution in [0.25, 0.3) is 0 Å². The summed E-state index contributed by atoms with van der Waals surface area (Å²) < 4.78 is 35.2. The van der Waals surface area contributed by atoms with Crippen LogP contribution in [0.5, 0.6) is 5.75 Å². The Morgan fingerprint density at radius 2 is 1.54 bits per heavy atom. The van der Waals surface area contributed by atoms with Gasteiger partial charge < -0.3 is 14.8 Å². The van der Waals surface area contributed by atoms with E-state index in [0.29, 0.717) is 16.8 Å².